The van der Waals surface area contributed by atoms with Crippen LogP contribution in [0.25, 0.3) is 16.7 Å². The number of unbranched alkanes of at least 4 members (excludes halogenated alkanes) is 9. The molecule has 0 bridgehead atoms. The van der Waals surface area contributed by atoms with Gasteiger partial charge in [-0.05, 0) is 30.7 Å². The molecule has 0 fully saturated rings. The second-order valence-corrected chi connectivity index (χ2v) is 10.8. The number of imidazole rings is 1. The molecule has 0 amide bonds. The molecule has 0 saturated carbocycles. The first-order chi connectivity index (χ1) is 16.3. The van der Waals surface area contributed by atoms with Crippen molar-refractivity contribution in [2.45, 2.75) is 80.2 Å². The number of fused-ring (bicyclic) bond motifs is 3. The fourth-order valence-electron chi connectivity index (χ4n) is 4.03. The standard InChI is InChI=1S/C26H33N3O2S2/c1-2-3-4-5-6-7-8-9-10-13-19-31-26-24(33-23-18-14-17-22(30)32-23)25-27-20-15-11-12-16-21(20)29(25)28-26/h11-12,14-18,28H,2-10,13,19H2,1H3. The van der Waals surface area contributed by atoms with Gasteiger partial charge in [0.25, 0.3) is 0 Å². The molecular formula is C26H33N3O2S2. The summed E-state index contributed by atoms with van der Waals surface area (Å²) in [5.74, 6) is 0.729. The highest BCUT2D eigenvalue weighted by Gasteiger charge is 2.19. The molecule has 3 aromatic heterocycles. The molecule has 4 rings (SSSR count). The molecule has 5 nitrogen and oxygen atoms in total. The zero-order valence-electron chi connectivity index (χ0n) is 19.3. The van der Waals surface area contributed by atoms with E-state index in [1.54, 1.807) is 23.9 Å². The van der Waals surface area contributed by atoms with Crippen molar-refractivity contribution in [2.24, 2.45) is 0 Å². The Morgan fingerprint density at radius 3 is 2.42 bits per heavy atom. The summed E-state index contributed by atoms with van der Waals surface area (Å²) in [6.07, 6.45) is 13.0. The van der Waals surface area contributed by atoms with Crippen molar-refractivity contribution in [1.29, 1.82) is 0 Å². The number of aromatic nitrogens is 3. The molecule has 0 radical (unpaired) electrons. The lowest BCUT2D eigenvalue weighted by Gasteiger charge is -2.07. The third-order valence-corrected chi connectivity index (χ3v) is 7.88. The zero-order chi connectivity index (χ0) is 22.9. The van der Waals surface area contributed by atoms with E-state index in [9.17, 15) is 4.79 Å². The van der Waals surface area contributed by atoms with E-state index in [0.29, 0.717) is 6.61 Å². The van der Waals surface area contributed by atoms with Crippen molar-refractivity contribution < 1.29 is 4.74 Å². The quantitative estimate of drug-likeness (QED) is 0.187. The van der Waals surface area contributed by atoms with Crippen LogP contribution in [0.15, 0.2) is 56.4 Å². The molecule has 0 unspecified atom stereocenters. The minimum Gasteiger partial charge on any atom is -0.477 e. The van der Waals surface area contributed by atoms with E-state index < -0.39 is 0 Å². The molecule has 0 aliphatic rings. The van der Waals surface area contributed by atoms with Crippen LogP contribution in [-0.2, 0) is 0 Å². The second-order valence-electron chi connectivity index (χ2n) is 8.43. The Bertz CT molecular complexity index is 1210. The number of nitrogens with zero attached hydrogens (tertiary/aromatic N) is 2. The lowest BCUT2D eigenvalue weighted by Crippen LogP contribution is -1.99. The van der Waals surface area contributed by atoms with E-state index in [1.165, 1.54) is 69.1 Å². The third-order valence-electron chi connectivity index (χ3n) is 5.80. The number of H-pyrrole nitrogens is 1. The van der Waals surface area contributed by atoms with E-state index in [1.807, 2.05) is 34.8 Å². The summed E-state index contributed by atoms with van der Waals surface area (Å²) in [6, 6.07) is 13.4. The number of hydrogen-bond donors (Lipinski definition) is 1. The summed E-state index contributed by atoms with van der Waals surface area (Å²) in [6.45, 7) is 2.94. The van der Waals surface area contributed by atoms with E-state index in [0.717, 1.165) is 38.1 Å². The largest absolute Gasteiger partial charge is 0.477 e. The van der Waals surface area contributed by atoms with Gasteiger partial charge in [0.15, 0.2) is 5.65 Å². The van der Waals surface area contributed by atoms with Crippen LogP contribution in [0.5, 0.6) is 5.88 Å². The van der Waals surface area contributed by atoms with Gasteiger partial charge in [-0.3, -0.25) is 9.89 Å². The molecule has 1 N–H and O–H groups in total. The van der Waals surface area contributed by atoms with E-state index in [-0.39, 0.29) is 4.74 Å². The first-order valence-corrected chi connectivity index (χ1v) is 13.8. The first-order valence-electron chi connectivity index (χ1n) is 12.2. The number of aromatic amines is 1. The Hall–Kier alpha value is -2.25. The average molecular weight is 484 g/mol. The lowest BCUT2D eigenvalue weighted by atomic mass is 10.1. The number of nitrogens with one attached hydrogen (secondary N) is 1. The SMILES string of the molecule is CCCCCCCCCCCCOc1[nH]n2c(nc3ccccc32)c1Sc1cccc(=O)s1. The Morgan fingerprint density at radius 2 is 1.67 bits per heavy atom. The van der Waals surface area contributed by atoms with E-state index in [4.69, 9.17) is 9.72 Å². The van der Waals surface area contributed by atoms with Crippen LogP contribution in [-0.4, -0.2) is 21.2 Å². The maximum absolute atomic E-state index is 11.8. The van der Waals surface area contributed by atoms with Crippen molar-refractivity contribution >= 4 is 39.8 Å². The highest BCUT2D eigenvalue weighted by molar-refractivity contribution is 8.01. The molecule has 0 atom stereocenters. The van der Waals surface area contributed by atoms with Crippen molar-refractivity contribution in [3.8, 4) is 5.88 Å². The molecule has 33 heavy (non-hydrogen) atoms. The van der Waals surface area contributed by atoms with Gasteiger partial charge in [-0.1, -0.05) is 106 Å². The highest BCUT2D eigenvalue weighted by atomic mass is 32.2. The molecular weight excluding hydrogens is 450 g/mol. The molecule has 7 heteroatoms. The topological polar surface area (TPSA) is 59.4 Å². The van der Waals surface area contributed by atoms with Gasteiger partial charge in [0.2, 0.25) is 10.6 Å². The van der Waals surface area contributed by atoms with Crippen LogP contribution in [0.3, 0.4) is 0 Å². The van der Waals surface area contributed by atoms with Crippen LogP contribution in [0, 0.1) is 0 Å². The van der Waals surface area contributed by atoms with Gasteiger partial charge in [-0.15, -0.1) is 0 Å². The minimum absolute atomic E-state index is 0.0490. The molecule has 0 aliphatic heterocycles. The molecule has 1 aromatic carbocycles. The van der Waals surface area contributed by atoms with Crippen LogP contribution < -0.4 is 9.48 Å². The average Bonchev–Trinajstić information content (AvgIpc) is 3.34. The van der Waals surface area contributed by atoms with E-state index in [2.05, 4.69) is 12.0 Å². The lowest BCUT2D eigenvalue weighted by molar-refractivity contribution is 0.286. The summed E-state index contributed by atoms with van der Waals surface area (Å²) >= 11 is 2.79. The molecule has 0 saturated heterocycles. The fraction of sp³-hybridized carbons (Fsp3) is 0.462. The van der Waals surface area contributed by atoms with Crippen molar-refractivity contribution in [2.75, 3.05) is 6.61 Å². The molecule has 0 aliphatic carbocycles. The van der Waals surface area contributed by atoms with Crippen LogP contribution in [0.4, 0.5) is 0 Å². The maximum Gasteiger partial charge on any atom is 0.233 e. The third kappa shape index (κ3) is 6.42. The number of rotatable bonds is 14. The number of benzene rings is 1. The molecule has 0 spiro atoms. The van der Waals surface area contributed by atoms with Crippen molar-refractivity contribution in [3.05, 3.63) is 52.0 Å². The summed E-state index contributed by atoms with van der Waals surface area (Å²) in [5, 5.41) is 3.40. The van der Waals surface area contributed by atoms with Crippen molar-refractivity contribution in [3.63, 3.8) is 0 Å². The minimum atomic E-state index is 0.0490. The van der Waals surface area contributed by atoms with E-state index >= 15 is 0 Å². The molecule has 4 aromatic rings. The van der Waals surface area contributed by atoms with Gasteiger partial charge in [-0.25, -0.2) is 9.50 Å². The van der Waals surface area contributed by atoms with Gasteiger partial charge in [0.05, 0.1) is 21.8 Å². The molecule has 3 heterocycles. The normalized spacial score (nSPS) is 11.5. The van der Waals surface area contributed by atoms with Crippen LogP contribution >= 0.6 is 23.1 Å². The number of ether oxygens (including phenoxy) is 1. The summed E-state index contributed by atoms with van der Waals surface area (Å²) in [4.78, 5) is 17.6. The van der Waals surface area contributed by atoms with Gasteiger partial charge in [-0.2, -0.15) is 0 Å². The summed E-state index contributed by atoms with van der Waals surface area (Å²) in [5.41, 5.74) is 2.79. The van der Waals surface area contributed by atoms with Crippen molar-refractivity contribution in [1.82, 2.24) is 14.6 Å². The monoisotopic (exact) mass is 483 g/mol. The predicted octanol–water partition coefficient (Wildman–Crippen LogP) is 7.69. The fourth-order valence-corrected chi connectivity index (χ4v) is 5.95. The predicted molar refractivity (Wildman–Crippen MR) is 139 cm³/mol. The number of hydrogen-bond acceptors (Lipinski definition) is 5. The van der Waals surface area contributed by atoms with Crippen LogP contribution in [0.2, 0.25) is 0 Å². The smallest absolute Gasteiger partial charge is 0.233 e. The zero-order valence-corrected chi connectivity index (χ0v) is 21.0. The molecule has 176 valence electrons. The van der Waals surface area contributed by atoms with Gasteiger partial charge < -0.3 is 4.74 Å². The summed E-state index contributed by atoms with van der Waals surface area (Å²) < 4.78 is 9.16. The number of para-hydroxylation sites is 2. The summed E-state index contributed by atoms with van der Waals surface area (Å²) in [7, 11) is 0. The first kappa shape index (κ1) is 23.9. The van der Waals surface area contributed by atoms with Gasteiger partial charge in [0.1, 0.15) is 4.90 Å². The Kier molecular flexibility index (Phi) is 8.89. The Balaban J connectivity index is 1.36. The Morgan fingerprint density at radius 1 is 0.939 bits per heavy atom. The highest BCUT2D eigenvalue weighted by Crippen LogP contribution is 2.39. The Labute approximate surface area is 203 Å². The van der Waals surface area contributed by atoms with Gasteiger partial charge in [0, 0.05) is 0 Å². The second kappa shape index (κ2) is 12.3. The van der Waals surface area contributed by atoms with Gasteiger partial charge >= 0.3 is 0 Å². The van der Waals surface area contributed by atoms with Crippen LogP contribution in [0.1, 0.15) is 71.1 Å². The maximum atomic E-state index is 11.8.